The molecule has 0 aliphatic rings. The van der Waals surface area contributed by atoms with E-state index in [2.05, 4.69) is 19.2 Å². The Morgan fingerprint density at radius 2 is 1.80 bits per heavy atom. The number of Topliss-reactive ketones (excluding diaryl/α,β-unsaturated/α-hetero) is 1. The molecule has 2 rings (SSSR count). The lowest BCUT2D eigenvalue weighted by Gasteiger charge is -2.07. The number of anilines is 1. The zero-order chi connectivity index (χ0) is 18.4. The van der Waals surface area contributed by atoms with Crippen molar-refractivity contribution in [3.05, 3.63) is 70.8 Å². The molecule has 0 radical (unpaired) electrons. The molecular formula is C21H20N2O2. The van der Waals surface area contributed by atoms with Gasteiger partial charge in [-0.2, -0.15) is 5.26 Å². The van der Waals surface area contributed by atoms with E-state index in [0.29, 0.717) is 17.2 Å². The number of carbonyl (C=O) groups excluding carboxylic acids is 2. The van der Waals surface area contributed by atoms with Crippen LogP contribution in [0.2, 0.25) is 0 Å². The maximum Gasteiger partial charge on any atom is 0.266 e. The summed E-state index contributed by atoms with van der Waals surface area (Å²) < 4.78 is 0. The molecule has 0 saturated carbocycles. The topological polar surface area (TPSA) is 70.0 Å². The molecule has 2 aromatic carbocycles. The fourth-order valence-corrected chi connectivity index (χ4v) is 2.31. The van der Waals surface area contributed by atoms with Crippen LogP contribution in [-0.4, -0.2) is 11.7 Å². The number of nitrogens with one attached hydrogen (secondary N) is 1. The van der Waals surface area contributed by atoms with E-state index in [1.54, 1.807) is 30.3 Å². The maximum atomic E-state index is 12.3. The molecule has 2 aromatic rings. The van der Waals surface area contributed by atoms with Crippen LogP contribution in [0.15, 0.2) is 54.1 Å². The lowest BCUT2D eigenvalue weighted by Crippen LogP contribution is -2.13. The van der Waals surface area contributed by atoms with E-state index in [1.807, 2.05) is 30.3 Å². The fraction of sp³-hybridized carbons (Fsp3) is 0.190. The Kier molecular flexibility index (Phi) is 5.86. The van der Waals surface area contributed by atoms with Crippen LogP contribution >= 0.6 is 0 Å². The summed E-state index contributed by atoms with van der Waals surface area (Å²) in [6.07, 6.45) is 1.55. The molecule has 4 nitrogen and oxygen atoms in total. The van der Waals surface area contributed by atoms with Crippen molar-refractivity contribution in [2.75, 3.05) is 5.32 Å². The quantitative estimate of drug-likeness (QED) is 0.496. The molecule has 0 aliphatic heterocycles. The van der Waals surface area contributed by atoms with Gasteiger partial charge in [0.15, 0.2) is 5.78 Å². The first-order valence-corrected chi connectivity index (χ1v) is 8.05. The van der Waals surface area contributed by atoms with Crippen LogP contribution in [0.25, 0.3) is 6.08 Å². The smallest absolute Gasteiger partial charge is 0.266 e. The van der Waals surface area contributed by atoms with Crippen LogP contribution < -0.4 is 5.32 Å². The van der Waals surface area contributed by atoms with Crippen LogP contribution in [0, 0.1) is 11.3 Å². The third-order valence-electron chi connectivity index (χ3n) is 3.81. The summed E-state index contributed by atoms with van der Waals surface area (Å²) in [5.74, 6) is -0.168. The SMILES string of the molecule is CC(=O)c1cccc(NC(=O)/C(C#N)=C/c2ccc(C(C)C)cc2)c1. The van der Waals surface area contributed by atoms with Crippen LogP contribution in [0.4, 0.5) is 5.69 Å². The first-order chi connectivity index (χ1) is 11.9. The van der Waals surface area contributed by atoms with E-state index in [0.717, 1.165) is 5.56 Å². The maximum absolute atomic E-state index is 12.3. The predicted octanol–water partition coefficient (Wildman–Crippen LogP) is 4.56. The Morgan fingerprint density at radius 1 is 1.12 bits per heavy atom. The molecule has 0 unspecified atom stereocenters. The summed E-state index contributed by atoms with van der Waals surface area (Å²) in [4.78, 5) is 23.7. The number of hydrogen-bond acceptors (Lipinski definition) is 3. The fourth-order valence-electron chi connectivity index (χ4n) is 2.31. The zero-order valence-electron chi connectivity index (χ0n) is 14.5. The van der Waals surface area contributed by atoms with Gasteiger partial charge in [0.1, 0.15) is 11.6 Å². The molecule has 4 heteroatoms. The number of nitrogens with zero attached hydrogens (tertiary/aromatic N) is 1. The second kappa shape index (κ2) is 8.07. The number of benzene rings is 2. The summed E-state index contributed by atoms with van der Waals surface area (Å²) in [6, 6.07) is 16.3. The third-order valence-corrected chi connectivity index (χ3v) is 3.81. The van der Waals surface area contributed by atoms with Crippen molar-refractivity contribution in [2.45, 2.75) is 26.7 Å². The van der Waals surface area contributed by atoms with E-state index in [4.69, 9.17) is 0 Å². The highest BCUT2D eigenvalue weighted by molar-refractivity contribution is 6.10. The molecule has 0 bridgehead atoms. The Morgan fingerprint density at radius 3 is 2.36 bits per heavy atom. The van der Waals surface area contributed by atoms with E-state index < -0.39 is 5.91 Å². The lowest BCUT2D eigenvalue weighted by atomic mass is 10.0. The minimum atomic E-state index is -0.504. The molecule has 1 N–H and O–H groups in total. The molecule has 126 valence electrons. The van der Waals surface area contributed by atoms with Crippen LogP contribution in [0.3, 0.4) is 0 Å². The van der Waals surface area contributed by atoms with E-state index >= 15 is 0 Å². The summed E-state index contributed by atoms with van der Waals surface area (Å²) >= 11 is 0. The van der Waals surface area contributed by atoms with E-state index in [-0.39, 0.29) is 11.4 Å². The summed E-state index contributed by atoms with van der Waals surface area (Å²) in [5.41, 5.74) is 2.97. The Labute approximate surface area is 147 Å². The second-order valence-electron chi connectivity index (χ2n) is 6.08. The molecule has 0 heterocycles. The molecule has 0 aliphatic carbocycles. The Balaban J connectivity index is 2.19. The molecule has 25 heavy (non-hydrogen) atoms. The van der Waals surface area contributed by atoms with Crippen molar-refractivity contribution in [1.82, 2.24) is 0 Å². The number of hydrogen-bond donors (Lipinski definition) is 1. The van der Waals surface area contributed by atoms with Crippen LogP contribution in [-0.2, 0) is 4.79 Å². The lowest BCUT2D eigenvalue weighted by molar-refractivity contribution is -0.112. The number of nitriles is 1. The standard InChI is InChI=1S/C21H20N2O2/c1-14(2)17-9-7-16(8-10-17)11-19(13-22)21(25)23-20-6-4-5-18(12-20)15(3)24/h4-12,14H,1-3H3,(H,23,25)/b19-11+. The number of amides is 1. The number of rotatable bonds is 5. The second-order valence-corrected chi connectivity index (χ2v) is 6.08. The van der Waals surface area contributed by atoms with Gasteiger partial charge in [-0.25, -0.2) is 0 Å². The first-order valence-electron chi connectivity index (χ1n) is 8.05. The monoisotopic (exact) mass is 332 g/mol. The molecular weight excluding hydrogens is 312 g/mol. The van der Waals surface area contributed by atoms with Gasteiger partial charge in [0.05, 0.1) is 0 Å². The molecule has 0 spiro atoms. The van der Waals surface area contributed by atoms with Gasteiger partial charge in [0.25, 0.3) is 5.91 Å². The van der Waals surface area contributed by atoms with Gasteiger partial charge in [-0.1, -0.05) is 50.2 Å². The van der Waals surface area contributed by atoms with Crippen molar-refractivity contribution < 1.29 is 9.59 Å². The molecule has 0 fully saturated rings. The predicted molar refractivity (Wildman–Crippen MR) is 99.2 cm³/mol. The van der Waals surface area contributed by atoms with Crippen molar-refractivity contribution in [1.29, 1.82) is 5.26 Å². The van der Waals surface area contributed by atoms with Crippen molar-refractivity contribution in [2.24, 2.45) is 0 Å². The summed E-state index contributed by atoms with van der Waals surface area (Å²) in [7, 11) is 0. The average Bonchev–Trinajstić information content (AvgIpc) is 2.60. The van der Waals surface area contributed by atoms with Gasteiger partial charge >= 0.3 is 0 Å². The van der Waals surface area contributed by atoms with E-state index in [9.17, 15) is 14.9 Å². The molecule has 0 aromatic heterocycles. The van der Waals surface area contributed by atoms with Crippen molar-refractivity contribution in [3.8, 4) is 6.07 Å². The van der Waals surface area contributed by atoms with Gasteiger partial charge < -0.3 is 5.32 Å². The van der Waals surface area contributed by atoms with Crippen molar-refractivity contribution in [3.63, 3.8) is 0 Å². The van der Waals surface area contributed by atoms with Gasteiger partial charge in [0.2, 0.25) is 0 Å². The molecule has 1 amide bonds. The Bertz CT molecular complexity index is 856. The molecule has 0 atom stereocenters. The zero-order valence-corrected chi connectivity index (χ0v) is 14.5. The largest absolute Gasteiger partial charge is 0.321 e. The minimum absolute atomic E-state index is 0.00512. The van der Waals surface area contributed by atoms with Crippen molar-refractivity contribution >= 4 is 23.5 Å². The highest BCUT2D eigenvalue weighted by Crippen LogP contribution is 2.17. The van der Waals surface area contributed by atoms with Gasteiger partial charge in [0, 0.05) is 11.3 Å². The van der Waals surface area contributed by atoms with Gasteiger partial charge in [-0.15, -0.1) is 0 Å². The van der Waals surface area contributed by atoms with Gasteiger partial charge in [-0.05, 0) is 42.2 Å². The van der Waals surface area contributed by atoms with E-state index in [1.165, 1.54) is 12.5 Å². The summed E-state index contributed by atoms with van der Waals surface area (Å²) in [5, 5.41) is 11.9. The average molecular weight is 332 g/mol. The number of ketones is 1. The summed E-state index contributed by atoms with van der Waals surface area (Å²) in [6.45, 7) is 5.67. The highest BCUT2D eigenvalue weighted by Gasteiger charge is 2.10. The Hall–Kier alpha value is -3.19. The van der Waals surface area contributed by atoms with Crippen LogP contribution in [0.5, 0.6) is 0 Å². The highest BCUT2D eigenvalue weighted by atomic mass is 16.1. The number of carbonyl (C=O) groups is 2. The van der Waals surface area contributed by atoms with Crippen LogP contribution in [0.1, 0.15) is 48.2 Å². The first kappa shape index (κ1) is 18.2. The third kappa shape index (κ3) is 4.89. The normalized spacial score (nSPS) is 11.1. The molecule has 0 saturated heterocycles. The van der Waals surface area contributed by atoms with Gasteiger partial charge in [-0.3, -0.25) is 9.59 Å². The minimum Gasteiger partial charge on any atom is -0.321 e.